The van der Waals surface area contributed by atoms with E-state index in [2.05, 4.69) is 65.8 Å². The highest BCUT2D eigenvalue weighted by molar-refractivity contribution is 5.94. The Bertz CT molecular complexity index is 1180. The molecule has 0 spiro atoms. The highest BCUT2D eigenvalue weighted by Crippen LogP contribution is 2.33. The summed E-state index contributed by atoms with van der Waals surface area (Å²) in [4.78, 5) is 18.0. The number of carbonyl (C=O) groups is 1. The van der Waals surface area contributed by atoms with Gasteiger partial charge in [-0.25, -0.2) is 0 Å². The van der Waals surface area contributed by atoms with Crippen LogP contribution < -0.4 is 9.47 Å². The van der Waals surface area contributed by atoms with Gasteiger partial charge in [0, 0.05) is 45.0 Å². The van der Waals surface area contributed by atoms with Gasteiger partial charge in [-0.15, -0.1) is 0 Å². The Labute approximate surface area is 195 Å². The molecule has 1 amide bonds. The number of benzene rings is 2. The molecule has 0 aliphatic carbocycles. The first-order valence-corrected chi connectivity index (χ1v) is 11.6. The molecule has 1 aromatic heterocycles. The summed E-state index contributed by atoms with van der Waals surface area (Å²) in [6.45, 7) is 11.3. The van der Waals surface area contributed by atoms with Gasteiger partial charge in [-0.3, -0.25) is 9.69 Å². The van der Waals surface area contributed by atoms with Crippen LogP contribution in [0.2, 0.25) is 0 Å². The van der Waals surface area contributed by atoms with Crippen molar-refractivity contribution in [3.8, 4) is 11.5 Å². The monoisotopic (exact) mass is 445 g/mol. The predicted molar refractivity (Wildman–Crippen MR) is 128 cm³/mol. The molecule has 0 atom stereocenters. The molecular formula is C27H31N3O3. The van der Waals surface area contributed by atoms with Gasteiger partial charge in [0.1, 0.15) is 5.69 Å². The van der Waals surface area contributed by atoms with Crippen molar-refractivity contribution < 1.29 is 14.3 Å². The zero-order valence-corrected chi connectivity index (χ0v) is 19.6. The molecule has 0 radical (unpaired) electrons. The molecule has 2 aliphatic heterocycles. The van der Waals surface area contributed by atoms with Crippen molar-refractivity contribution in [1.82, 2.24) is 14.4 Å². The van der Waals surface area contributed by atoms with Crippen molar-refractivity contribution in [2.75, 3.05) is 33.0 Å². The summed E-state index contributed by atoms with van der Waals surface area (Å²) in [5, 5.41) is 0. The van der Waals surface area contributed by atoms with Crippen LogP contribution in [0.5, 0.6) is 11.5 Å². The molecule has 0 unspecified atom stereocenters. The Kier molecular flexibility index (Phi) is 5.85. The van der Waals surface area contributed by atoms with Gasteiger partial charge in [0.05, 0.1) is 0 Å². The Hall–Kier alpha value is -3.25. The molecular weight excluding hydrogens is 414 g/mol. The number of nitrogens with zero attached hydrogens (tertiary/aromatic N) is 3. The molecule has 1 saturated heterocycles. The quantitative estimate of drug-likeness (QED) is 0.592. The van der Waals surface area contributed by atoms with Gasteiger partial charge >= 0.3 is 0 Å². The molecule has 33 heavy (non-hydrogen) atoms. The lowest BCUT2D eigenvalue weighted by molar-refractivity contribution is 0.0617. The average Bonchev–Trinajstić information content (AvgIpc) is 3.37. The second-order valence-corrected chi connectivity index (χ2v) is 9.15. The first-order valence-electron chi connectivity index (χ1n) is 11.6. The summed E-state index contributed by atoms with van der Waals surface area (Å²) < 4.78 is 13.1. The number of ether oxygens (including phenoxy) is 2. The third kappa shape index (κ3) is 4.48. The molecule has 0 N–H and O–H groups in total. The van der Waals surface area contributed by atoms with E-state index in [1.807, 2.05) is 17.9 Å². The summed E-state index contributed by atoms with van der Waals surface area (Å²) in [5.41, 5.74) is 6.65. The topological polar surface area (TPSA) is 46.9 Å². The third-order valence-electron chi connectivity index (χ3n) is 6.62. The summed E-state index contributed by atoms with van der Waals surface area (Å²) in [6, 6.07) is 16.8. The fourth-order valence-electron chi connectivity index (χ4n) is 4.89. The standard InChI is InChI=1S/C27H31N3O3/c1-19-5-4-6-22(13-19)17-30-21(3)14-20(2)26(30)27(31)29-11-9-28(10-12-29)16-23-7-8-24-25(15-23)33-18-32-24/h4-8,13-15H,9-12,16-18H2,1-3H3. The lowest BCUT2D eigenvalue weighted by Gasteiger charge is -2.35. The van der Waals surface area contributed by atoms with Crippen molar-refractivity contribution >= 4 is 5.91 Å². The van der Waals surface area contributed by atoms with Crippen LogP contribution in [0.1, 0.15) is 38.4 Å². The first kappa shape index (κ1) is 21.6. The number of carbonyl (C=O) groups excluding carboxylic acids is 1. The first-order chi connectivity index (χ1) is 16.0. The van der Waals surface area contributed by atoms with Gasteiger partial charge in [0.15, 0.2) is 11.5 Å². The number of hydrogen-bond donors (Lipinski definition) is 0. The van der Waals surface area contributed by atoms with Crippen LogP contribution in [-0.2, 0) is 13.1 Å². The van der Waals surface area contributed by atoms with Crippen LogP contribution in [0.3, 0.4) is 0 Å². The average molecular weight is 446 g/mol. The summed E-state index contributed by atoms with van der Waals surface area (Å²) in [5.74, 6) is 1.77. The van der Waals surface area contributed by atoms with Crippen LogP contribution in [0.15, 0.2) is 48.5 Å². The van der Waals surface area contributed by atoms with Gasteiger partial charge in [0.2, 0.25) is 6.79 Å². The summed E-state index contributed by atoms with van der Waals surface area (Å²) >= 11 is 0. The molecule has 172 valence electrons. The van der Waals surface area contributed by atoms with Crippen LogP contribution in [0, 0.1) is 20.8 Å². The Balaban J connectivity index is 1.25. The minimum atomic E-state index is 0.135. The fraction of sp³-hybridized carbons (Fsp3) is 0.370. The number of amides is 1. The van der Waals surface area contributed by atoms with Crippen molar-refractivity contribution in [2.45, 2.75) is 33.9 Å². The van der Waals surface area contributed by atoms with Crippen molar-refractivity contribution in [3.63, 3.8) is 0 Å². The highest BCUT2D eigenvalue weighted by atomic mass is 16.7. The van der Waals surface area contributed by atoms with E-state index in [1.165, 1.54) is 16.7 Å². The van der Waals surface area contributed by atoms with Gasteiger partial charge < -0.3 is 18.9 Å². The number of aryl methyl sites for hydroxylation is 3. The number of piperazine rings is 1. The van der Waals surface area contributed by atoms with Gasteiger partial charge in [-0.05, 0) is 55.7 Å². The predicted octanol–water partition coefficient (Wildman–Crippen LogP) is 4.15. The smallest absolute Gasteiger partial charge is 0.270 e. The maximum absolute atomic E-state index is 13.6. The van der Waals surface area contributed by atoms with Crippen LogP contribution in [0.4, 0.5) is 0 Å². The van der Waals surface area contributed by atoms with Crippen LogP contribution >= 0.6 is 0 Å². The van der Waals surface area contributed by atoms with E-state index in [4.69, 9.17) is 9.47 Å². The molecule has 5 rings (SSSR count). The molecule has 1 fully saturated rings. The fourth-order valence-corrected chi connectivity index (χ4v) is 4.89. The molecule has 6 nitrogen and oxygen atoms in total. The van der Waals surface area contributed by atoms with Crippen molar-refractivity contribution in [1.29, 1.82) is 0 Å². The lowest BCUT2D eigenvalue weighted by Crippen LogP contribution is -2.48. The second-order valence-electron chi connectivity index (χ2n) is 9.15. The van der Waals surface area contributed by atoms with Crippen LogP contribution in [0.25, 0.3) is 0 Å². The normalized spacial score (nSPS) is 15.8. The Morgan fingerprint density at radius 3 is 2.39 bits per heavy atom. The van der Waals surface area contributed by atoms with E-state index in [1.54, 1.807) is 0 Å². The van der Waals surface area contributed by atoms with E-state index in [9.17, 15) is 4.79 Å². The van der Waals surface area contributed by atoms with E-state index < -0.39 is 0 Å². The molecule has 3 heterocycles. The molecule has 0 saturated carbocycles. The van der Waals surface area contributed by atoms with Gasteiger partial charge in [-0.1, -0.05) is 35.9 Å². The molecule has 6 heteroatoms. The lowest BCUT2D eigenvalue weighted by atomic mass is 10.1. The molecule has 2 aromatic carbocycles. The minimum absolute atomic E-state index is 0.135. The number of hydrogen-bond acceptors (Lipinski definition) is 4. The Morgan fingerprint density at radius 1 is 0.848 bits per heavy atom. The highest BCUT2D eigenvalue weighted by Gasteiger charge is 2.27. The maximum atomic E-state index is 13.6. The maximum Gasteiger partial charge on any atom is 0.270 e. The Morgan fingerprint density at radius 2 is 1.61 bits per heavy atom. The zero-order chi connectivity index (χ0) is 22.9. The largest absolute Gasteiger partial charge is 0.454 e. The third-order valence-corrected chi connectivity index (χ3v) is 6.62. The molecule has 2 aliphatic rings. The summed E-state index contributed by atoms with van der Waals surface area (Å²) in [7, 11) is 0. The number of fused-ring (bicyclic) bond motifs is 1. The van der Waals surface area contributed by atoms with Gasteiger partial charge in [0.25, 0.3) is 5.91 Å². The SMILES string of the molecule is Cc1cccc(Cn2c(C)cc(C)c2C(=O)N2CCN(Cc3ccc4c(c3)OCO4)CC2)c1. The van der Waals surface area contributed by atoms with Gasteiger partial charge in [-0.2, -0.15) is 0 Å². The van der Waals surface area contributed by atoms with E-state index in [-0.39, 0.29) is 5.91 Å². The molecule has 3 aromatic rings. The zero-order valence-electron chi connectivity index (χ0n) is 19.6. The van der Waals surface area contributed by atoms with Crippen molar-refractivity contribution in [2.24, 2.45) is 0 Å². The van der Waals surface area contributed by atoms with E-state index in [0.29, 0.717) is 13.3 Å². The summed E-state index contributed by atoms with van der Waals surface area (Å²) in [6.07, 6.45) is 0. The second kappa shape index (κ2) is 8.94. The van der Waals surface area contributed by atoms with E-state index in [0.717, 1.165) is 61.2 Å². The minimum Gasteiger partial charge on any atom is -0.454 e. The number of aromatic nitrogens is 1. The van der Waals surface area contributed by atoms with Crippen LogP contribution in [-0.4, -0.2) is 53.2 Å². The van der Waals surface area contributed by atoms with E-state index >= 15 is 0 Å². The van der Waals surface area contributed by atoms with Crippen molar-refractivity contribution in [3.05, 3.63) is 82.2 Å². The molecule has 0 bridgehead atoms. The number of rotatable bonds is 5.